The molecule has 1 heterocycles. The molecule has 1 saturated heterocycles. The van der Waals surface area contributed by atoms with Crippen LogP contribution in [0.1, 0.15) is 30.6 Å². The first-order valence-electron chi connectivity index (χ1n) is 8.38. The van der Waals surface area contributed by atoms with Crippen molar-refractivity contribution in [3.05, 3.63) is 69.7 Å². The van der Waals surface area contributed by atoms with E-state index in [1.807, 2.05) is 50.4 Å². The van der Waals surface area contributed by atoms with E-state index < -0.39 is 5.41 Å². The Bertz CT molecular complexity index is 826. The number of ether oxygens (including phenoxy) is 1. The zero-order chi connectivity index (χ0) is 17.8. The van der Waals surface area contributed by atoms with Crippen molar-refractivity contribution in [1.82, 2.24) is 4.90 Å². The molecule has 0 spiro atoms. The monoisotopic (exact) mass is 375 g/mol. The van der Waals surface area contributed by atoms with Gasteiger partial charge in [0.25, 0.3) is 0 Å². The van der Waals surface area contributed by atoms with Gasteiger partial charge in [0.1, 0.15) is 11.5 Å². The van der Waals surface area contributed by atoms with Crippen LogP contribution in [-0.4, -0.2) is 30.0 Å². The molecule has 1 amide bonds. The summed E-state index contributed by atoms with van der Waals surface area (Å²) in [7, 11) is 1.85. The summed E-state index contributed by atoms with van der Waals surface area (Å²) >= 11 is 12.5. The van der Waals surface area contributed by atoms with Crippen LogP contribution in [0.25, 0.3) is 0 Å². The van der Waals surface area contributed by atoms with E-state index in [0.717, 1.165) is 11.1 Å². The van der Waals surface area contributed by atoms with Crippen molar-refractivity contribution >= 4 is 29.1 Å². The number of halogens is 2. The molecular formula is C20H19Cl2NO2. The lowest BCUT2D eigenvalue weighted by molar-refractivity contribution is -0.134. The molecule has 25 heavy (non-hydrogen) atoms. The number of carbonyl (C=O) groups excluding carboxylic acids is 1. The number of carbonyl (C=O) groups is 1. The van der Waals surface area contributed by atoms with Crippen molar-refractivity contribution < 1.29 is 9.53 Å². The van der Waals surface area contributed by atoms with Crippen LogP contribution in [0, 0.1) is 0 Å². The van der Waals surface area contributed by atoms with Gasteiger partial charge in [-0.15, -0.1) is 0 Å². The number of likely N-dealkylation sites (N-methyl/N-ethyl adjacent to an activating group) is 1. The maximum atomic E-state index is 13.3. The summed E-state index contributed by atoms with van der Waals surface area (Å²) in [5, 5.41) is 1.08. The lowest BCUT2D eigenvalue weighted by atomic mass is 9.93. The summed E-state index contributed by atoms with van der Waals surface area (Å²) in [5.74, 6) is 0.0626. The Morgan fingerprint density at radius 1 is 1.16 bits per heavy atom. The van der Waals surface area contributed by atoms with Crippen LogP contribution < -0.4 is 0 Å². The van der Waals surface area contributed by atoms with Crippen LogP contribution in [0.4, 0.5) is 0 Å². The van der Waals surface area contributed by atoms with Gasteiger partial charge in [-0.25, -0.2) is 0 Å². The van der Waals surface area contributed by atoms with Gasteiger partial charge >= 0.3 is 0 Å². The summed E-state index contributed by atoms with van der Waals surface area (Å²) < 4.78 is 6.41. The Hall–Kier alpha value is -1.55. The van der Waals surface area contributed by atoms with Gasteiger partial charge < -0.3 is 9.64 Å². The molecule has 2 aromatic carbocycles. The molecule has 130 valence electrons. The van der Waals surface area contributed by atoms with Crippen molar-refractivity contribution in [2.75, 3.05) is 7.05 Å². The molecule has 1 aliphatic carbocycles. The highest BCUT2D eigenvalue weighted by molar-refractivity contribution is 6.35. The summed E-state index contributed by atoms with van der Waals surface area (Å²) in [6, 6.07) is 15.3. The fourth-order valence-electron chi connectivity index (χ4n) is 3.87. The van der Waals surface area contributed by atoms with E-state index >= 15 is 0 Å². The molecule has 3 nitrogen and oxygen atoms in total. The van der Waals surface area contributed by atoms with E-state index in [-0.39, 0.29) is 24.2 Å². The van der Waals surface area contributed by atoms with Crippen LogP contribution >= 0.6 is 23.2 Å². The molecule has 0 N–H and O–H groups in total. The van der Waals surface area contributed by atoms with Gasteiger partial charge in [-0.1, -0.05) is 59.6 Å². The summed E-state index contributed by atoms with van der Waals surface area (Å²) in [6.07, 6.45) is 0.319. The zero-order valence-electron chi connectivity index (χ0n) is 14.1. The third-order valence-electron chi connectivity index (χ3n) is 5.50. The second-order valence-electron chi connectivity index (χ2n) is 6.91. The number of benzene rings is 2. The fourth-order valence-corrected chi connectivity index (χ4v) is 4.44. The Morgan fingerprint density at radius 2 is 1.88 bits per heavy atom. The predicted molar refractivity (Wildman–Crippen MR) is 99.0 cm³/mol. The van der Waals surface area contributed by atoms with Crippen molar-refractivity contribution in [2.45, 2.75) is 37.0 Å². The van der Waals surface area contributed by atoms with E-state index in [9.17, 15) is 4.79 Å². The molecule has 2 aromatic rings. The van der Waals surface area contributed by atoms with Gasteiger partial charge in [0.2, 0.25) is 5.91 Å². The van der Waals surface area contributed by atoms with Gasteiger partial charge in [-0.05, 0) is 36.6 Å². The molecule has 4 atom stereocenters. The predicted octanol–water partition coefficient (Wildman–Crippen LogP) is 4.62. The van der Waals surface area contributed by atoms with Crippen molar-refractivity contribution in [3.8, 4) is 0 Å². The molecular weight excluding hydrogens is 357 g/mol. The van der Waals surface area contributed by atoms with Gasteiger partial charge in [0.05, 0.1) is 12.1 Å². The van der Waals surface area contributed by atoms with Crippen LogP contribution in [0.5, 0.6) is 0 Å². The van der Waals surface area contributed by atoms with E-state index in [4.69, 9.17) is 27.9 Å². The first-order valence-corrected chi connectivity index (χ1v) is 9.14. The standard InChI is InChI=1S/C20H19Cl2NO2/c1-12-18(13-6-4-3-5-7-13)25-17-11-20(17,19(24)23(12)2)15-9-8-14(21)10-16(15)22/h3-10,12,17-18H,11H2,1-2H3/t12-,17-,18-,20-/m0/s1. The smallest absolute Gasteiger partial charge is 0.236 e. The van der Waals surface area contributed by atoms with E-state index in [1.165, 1.54) is 0 Å². The van der Waals surface area contributed by atoms with Crippen molar-refractivity contribution in [3.63, 3.8) is 0 Å². The minimum absolute atomic E-state index is 0.0626. The number of fused-ring (bicyclic) bond motifs is 1. The summed E-state index contributed by atoms with van der Waals surface area (Å²) in [6.45, 7) is 2.03. The van der Waals surface area contributed by atoms with E-state index in [0.29, 0.717) is 16.5 Å². The van der Waals surface area contributed by atoms with Gasteiger partial charge in [-0.3, -0.25) is 4.79 Å². The van der Waals surface area contributed by atoms with Crippen LogP contribution in [0.3, 0.4) is 0 Å². The largest absolute Gasteiger partial charge is 0.367 e. The molecule has 2 fully saturated rings. The molecule has 5 heteroatoms. The highest BCUT2D eigenvalue weighted by Crippen LogP contribution is 2.57. The second kappa shape index (κ2) is 6.01. The topological polar surface area (TPSA) is 29.5 Å². The normalized spacial score (nSPS) is 31.4. The first kappa shape index (κ1) is 16.9. The second-order valence-corrected chi connectivity index (χ2v) is 7.76. The lowest BCUT2D eigenvalue weighted by Gasteiger charge is -2.31. The minimum Gasteiger partial charge on any atom is -0.367 e. The average Bonchev–Trinajstić information content (AvgIpc) is 3.33. The van der Waals surface area contributed by atoms with E-state index in [1.54, 1.807) is 17.0 Å². The molecule has 0 bridgehead atoms. The first-order chi connectivity index (χ1) is 11.9. The minimum atomic E-state index is -0.700. The maximum Gasteiger partial charge on any atom is 0.236 e. The van der Waals surface area contributed by atoms with Crippen molar-refractivity contribution in [2.24, 2.45) is 0 Å². The Morgan fingerprint density at radius 3 is 2.56 bits per heavy atom. The Balaban J connectivity index is 1.76. The molecule has 2 aliphatic rings. The summed E-state index contributed by atoms with van der Waals surface area (Å²) in [5.41, 5.74) is 1.19. The molecule has 1 aliphatic heterocycles. The molecule has 1 saturated carbocycles. The number of rotatable bonds is 2. The quantitative estimate of drug-likeness (QED) is 0.765. The van der Waals surface area contributed by atoms with Gasteiger partial charge in [0.15, 0.2) is 0 Å². The number of hydrogen-bond acceptors (Lipinski definition) is 2. The molecule has 0 aromatic heterocycles. The van der Waals surface area contributed by atoms with Crippen LogP contribution in [0.15, 0.2) is 48.5 Å². The van der Waals surface area contributed by atoms with Gasteiger partial charge in [-0.2, -0.15) is 0 Å². The molecule has 0 unspecified atom stereocenters. The van der Waals surface area contributed by atoms with E-state index in [2.05, 4.69) is 0 Å². The molecule has 4 rings (SSSR count). The highest BCUT2D eigenvalue weighted by Gasteiger charge is 2.66. The van der Waals surface area contributed by atoms with Crippen molar-refractivity contribution in [1.29, 1.82) is 0 Å². The lowest BCUT2D eigenvalue weighted by Crippen LogP contribution is -2.43. The van der Waals surface area contributed by atoms with Crippen LogP contribution in [0.2, 0.25) is 10.0 Å². The number of amides is 1. The third kappa shape index (κ3) is 2.57. The SMILES string of the molecule is C[C@H]1[C@@H](c2ccccc2)O[C@H]2C[C@@]2(c2ccc(Cl)cc2Cl)C(=O)N1C. The van der Waals surface area contributed by atoms with Crippen LogP contribution in [-0.2, 0) is 14.9 Å². The zero-order valence-corrected chi connectivity index (χ0v) is 15.6. The average molecular weight is 376 g/mol. The highest BCUT2D eigenvalue weighted by atomic mass is 35.5. The fraction of sp³-hybridized carbons (Fsp3) is 0.350. The van der Waals surface area contributed by atoms with Gasteiger partial charge in [0, 0.05) is 17.1 Å². The Kier molecular flexibility index (Phi) is 4.06. The maximum absolute atomic E-state index is 13.3. The third-order valence-corrected chi connectivity index (χ3v) is 6.05. The molecule has 0 radical (unpaired) electrons. The number of hydrogen-bond donors (Lipinski definition) is 0. The number of nitrogens with zero attached hydrogens (tertiary/aromatic N) is 1. The summed E-state index contributed by atoms with van der Waals surface area (Å²) in [4.78, 5) is 15.1. The Labute approximate surface area is 157 Å².